The van der Waals surface area contributed by atoms with E-state index in [9.17, 15) is 0 Å². The molecule has 1 fully saturated rings. The smallest absolute Gasteiger partial charge is 0.257 e. The first-order valence-electron chi connectivity index (χ1n) is 4.25. The van der Waals surface area contributed by atoms with E-state index in [1.807, 2.05) is 0 Å². The van der Waals surface area contributed by atoms with Crippen molar-refractivity contribution < 1.29 is 9.26 Å². The van der Waals surface area contributed by atoms with Gasteiger partial charge < -0.3 is 20.3 Å². The van der Waals surface area contributed by atoms with E-state index in [2.05, 4.69) is 15.5 Å². The molecule has 2 rings (SSSR count). The first-order valence-corrected chi connectivity index (χ1v) is 4.25. The summed E-state index contributed by atoms with van der Waals surface area (Å²) < 4.78 is 10.4. The lowest BCUT2D eigenvalue weighted by atomic mass is 10.3. The van der Waals surface area contributed by atoms with Gasteiger partial charge >= 0.3 is 0 Å². The van der Waals surface area contributed by atoms with E-state index >= 15 is 0 Å². The van der Waals surface area contributed by atoms with Gasteiger partial charge in [-0.05, 0) is 0 Å². The van der Waals surface area contributed by atoms with Gasteiger partial charge in [-0.1, -0.05) is 5.16 Å². The van der Waals surface area contributed by atoms with Crippen LogP contribution in [0.1, 0.15) is 17.8 Å². The highest BCUT2D eigenvalue weighted by molar-refractivity contribution is 4.91. The van der Waals surface area contributed by atoms with Crippen LogP contribution in [0, 0.1) is 0 Å². The fraction of sp³-hybridized carbons (Fsp3) is 0.714. The lowest BCUT2D eigenvalue weighted by Gasteiger charge is -2.19. The van der Waals surface area contributed by atoms with Gasteiger partial charge in [0.1, 0.15) is 6.10 Å². The van der Waals surface area contributed by atoms with Crippen LogP contribution in [0.15, 0.2) is 4.52 Å². The van der Waals surface area contributed by atoms with Crippen molar-refractivity contribution in [3.05, 3.63) is 11.7 Å². The van der Waals surface area contributed by atoms with Crippen LogP contribution in [0.5, 0.6) is 0 Å². The van der Waals surface area contributed by atoms with Crippen LogP contribution >= 0.6 is 0 Å². The minimum atomic E-state index is -0.124. The minimum Gasteiger partial charge on any atom is -0.366 e. The number of morpholine rings is 1. The van der Waals surface area contributed by atoms with Gasteiger partial charge in [0, 0.05) is 13.1 Å². The molecule has 0 saturated carbocycles. The second-order valence-electron chi connectivity index (χ2n) is 2.82. The largest absolute Gasteiger partial charge is 0.366 e. The summed E-state index contributed by atoms with van der Waals surface area (Å²) in [7, 11) is 0. The molecule has 0 amide bonds. The van der Waals surface area contributed by atoms with Crippen molar-refractivity contribution in [1.29, 1.82) is 0 Å². The number of rotatable bonds is 2. The highest BCUT2D eigenvalue weighted by Crippen LogP contribution is 2.15. The first-order chi connectivity index (χ1) is 6.40. The van der Waals surface area contributed by atoms with E-state index in [0.717, 1.165) is 6.54 Å². The number of nitrogens with two attached hydrogens (primary N) is 1. The zero-order valence-corrected chi connectivity index (χ0v) is 7.19. The highest BCUT2D eigenvalue weighted by atomic mass is 16.5. The number of hydrogen-bond donors (Lipinski definition) is 2. The van der Waals surface area contributed by atoms with Crippen LogP contribution in [0.4, 0.5) is 0 Å². The molecule has 72 valence electrons. The van der Waals surface area contributed by atoms with Crippen LogP contribution in [-0.2, 0) is 11.3 Å². The second-order valence-corrected chi connectivity index (χ2v) is 2.82. The zero-order chi connectivity index (χ0) is 9.10. The van der Waals surface area contributed by atoms with Gasteiger partial charge in [0.15, 0.2) is 5.82 Å². The van der Waals surface area contributed by atoms with E-state index in [1.54, 1.807) is 0 Å². The van der Waals surface area contributed by atoms with Gasteiger partial charge in [-0.15, -0.1) is 0 Å². The lowest BCUT2D eigenvalue weighted by Crippen LogP contribution is -2.33. The number of ether oxygens (including phenoxy) is 1. The summed E-state index contributed by atoms with van der Waals surface area (Å²) in [5, 5.41) is 6.87. The standard InChI is InChI=1S/C7H12N4O2/c8-3-6-10-7(13-11-6)5-4-9-1-2-12-5/h5,9H,1-4,8H2/t5-/m1/s1. The molecule has 0 aromatic carbocycles. The third kappa shape index (κ3) is 1.85. The molecule has 6 nitrogen and oxygen atoms in total. The van der Waals surface area contributed by atoms with E-state index in [1.165, 1.54) is 0 Å². The van der Waals surface area contributed by atoms with Crippen LogP contribution in [-0.4, -0.2) is 29.8 Å². The van der Waals surface area contributed by atoms with Crippen molar-refractivity contribution in [2.75, 3.05) is 19.7 Å². The Morgan fingerprint density at radius 2 is 2.54 bits per heavy atom. The monoisotopic (exact) mass is 184 g/mol. The van der Waals surface area contributed by atoms with E-state index in [0.29, 0.717) is 31.4 Å². The van der Waals surface area contributed by atoms with Gasteiger partial charge in [-0.2, -0.15) is 4.98 Å². The third-order valence-electron chi connectivity index (χ3n) is 1.87. The summed E-state index contributed by atoms with van der Waals surface area (Å²) in [6.45, 7) is 2.55. The summed E-state index contributed by atoms with van der Waals surface area (Å²) in [4.78, 5) is 4.08. The molecule has 1 aliphatic rings. The Bertz CT molecular complexity index is 269. The minimum absolute atomic E-state index is 0.124. The summed E-state index contributed by atoms with van der Waals surface area (Å²) >= 11 is 0. The Hall–Kier alpha value is -0.980. The van der Waals surface area contributed by atoms with Crippen LogP contribution in [0.2, 0.25) is 0 Å². The fourth-order valence-corrected chi connectivity index (χ4v) is 1.21. The van der Waals surface area contributed by atoms with Gasteiger partial charge in [-0.25, -0.2) is 0 Å². The third-order valence-corrected chi connectivity index (χ3v) is 1.87. The predicted molar refractivity (Wildman–Crippen MR) is 43.8 cm³/mol. The maximum absolute atomic E-state index is 5.42. The SMILES string of the molecule is NCc1noc([C@H]2CNCCO2)n1. The van der Waals surface area contributed by atoms with Gasteiger partial charge in [-0.3, -0.25) is 0 Å². The second kappa shape index (κ2) is 3.82. The molecule has 0 spiro atoms. The van der Waals surface area contributed by atoms with E-state index in [-0.39, 0.29) is 6.10 Å². The normalized spacial score (nSPS) is 23.3. The Morgan fingerprint density at radius 3 is 3.15 bits per heavy atom. The Labute approximate surface area is 75.4 Å². The van der Waals surface area contributed by atoms with Gasteiger partial charge in [0.2, 0.25) is 0 Å². The molecule has 0 bridgehead atoms. The zero-order valence-electron chi connectivity index (χ0n) is 7.19. The summed E-state index contributed by atoms with van der Waals surface area (Å²) in [5.41, 5.74) is 5.35. The summed E-state index contributed by atoms with van der Waals surface area (Å²) in [6.07, 6.45) is -0.124. The number of nitrogens with one attached hydrogen (secondary N) is 1. The Balaban J connectivity index is 2.05. The van der Waals surface area contributed by atoms with E-state index < -0.39 is 0 Å². The molecule has 13 heavy (non-hydrogen) atoms. The van der Waals surface area contributed by atoms with Crippen molar-refractivity contribution in [2.24, 2.45) is 5.73 Å². The van der Waals surface area contributed by atoms with E-state index in [4.69, 9.17) is 15.0 Å². The molecule has 1 saturated heterocycles. The van der Waals surface area contributed by atoms with Crippen molar-refractivity contribution >= 4 is 0 Å². The maximum Gasteiger partial charge on any atom is 0.257 e. The number of hydrogen-bond acceptors (Lipinski definition) is 6. The molecule has 3 N–H and O–H groups in total. The molecule has 2 heterocycles. The van der Waals surface area contributed by atoms with Gasteiger partial charge in [0.25, 0.3) is 5.89 Å². The average Bonchev–Trinajstić information content (AvgIpc) is 2.67. The van der Waals surface area contributed by atoms with Crippen molar-refractivity contribution in [1.82, 2.24) is 15.5 Å². The van der Waals surface area contributed by atoms with Crippen molar-refractivity contribution in [3.8, 4) is 0 Å². The Morgan fingerprint density at radius 1 is 1.62 bits per heavy atom. The topological polar surface area (TPSA) is 86.2 Å². The fourth-order valence-electron chi connectivity index (χ4n) is 1.21. The molecule has 1 atom stereocenters. The number of aromatic nitrogens is 2. The van der Waals surface area contributed by atoms with Crippen molar-refractivity contribution in [2.45, 2.75) is 12.6 Å². The maximum atomic E-state index is 5.42. The number of nitrogens with zero attached hydrogens (tertiary/aromatic N) is 2. The lowest BCUT2D eigenvalue weighted by molar-refractivity contribution is 0.00755. The quantitative estimate of drug-likeness (QED) is 0.625. The average molecular weight is 184 g/mol. The van der Waals surface area contributed by atoms with Crippen LogP contribution in [0.25, 0.3) is 0 Å². The molecule has 1 aromatic rings. The molecule has 0 aliphatic carbocycles. The first kappa shape index (κ1) is 8.61. The molecule has 1 aliphatic heterocycles. The van der Waals surface area contributed by atoms with Gasteiger partial charge in [0.05, 0.1) is 13.2 Å². The molecule has 6 heteroatoms. The highest BCUT2D eigenvalue weighted by Gasteiger charge is 2.21. The molecular formula is C7H12N4O2. The van der Waals surface area contributed by atoms with Crippen LogP contribution < -0.4 is 11.1 Å². The molecule has 0 unspecified atom stereocenters. The van der Waals surface area contributed by atoms with Crippen LogP contribution in [0.3, 0.4) is 0 Å². The summed E-state index contributed by atoms with van der Waals surface area (Å²) in [5.74, 6) is 1.02. The molecule has 1 aromatic heterocycles. The molecular weight excluding hydrogens is 172 g/mol. The predicted octanol–water partition coefficient (Wildman–Crippen LogP) is -0.811. The molecule has 0 radical (unpaired) electrons. The Kier molecular flexibility index (Phi) is 2.53. The summed E-state index contributed by atoms with van der Waals surface area (Å²) in [6, 6.07) is 0. The van der Waals surface area contributed by atoms with Crippen molar-refractivity contribution in [3.63, 3.8) is 0 Å².